The van der Waals surface area contributed by atoms with Crippen LogP contribution in [0.2, 0.25) is 0 Å². The monoisotopic (exact) mass is 206 g/mol. The second-order valence-electron chi connectivity index (χ2n) is 4.27. The van der Waals surface area contributed by atoms with E-state index in [-0.39, 0.29) is 0 Å². The van der Waals surface area contributed by atoms with E-state index in [2.05, 4.69) is 44.1 Å². The van der Waals surface area contributed by atoms with E-state index in [4.69, 9.17) is 5.73 Å². The number of anilines is 1. The van der Waals surface area contributed by atoms with E-state index in [1.165, 1.54) is 23.2 Å². The van der Waals surface area contributed by atoms with Gasteiger partial charge in [0, 0.05) is 19.8 Å². The van der Waals surface area contributed by atoms with E-state index in [0.717, 1.165) is 19.4 Å². The summed E-state index contributed by atoms with van der Waals surface area (Å²) in [5.74, 6) is 0. The third-order valence-electron chi connectivity index (χ3n) is 2.62. The Kier molecular flexibility index (Phi) is 4.63. The van der Waals surface area contributed by atoms with Gasteiger partial charge in [-0.05, 0) is 44.4 Å². The molecule has 0 aliphatic carbocycles. The molecule has 0 amide bonds. The third kappa shape index (κ3) is 3.56. The lowest BCUT2D eigenvalue weighted by molar-refractivity contribution is 0.743. The lowest BCUT2D eigenvalue weighted by atomic mass is 10.0. The first kappa shape index (κ1) is 12.1. The van der Waals surface area contributed by atoms with E-state index in [1.54, 1.807) is 0 Å². The maximum atomic E-state index is 5.51. The van der Waals surface area contributed by atoms with E-state index in [1.807, 2.05) is 0 Å². The van der Waals surface area contributed by atoms with Crippen molar-refractivity contribution >= 4 is 5.69 Å². The molecule has 2 heteroatoms. The molecule has 0 aliphatic rings. The van der Waals surface area contributed by atoms with Crippen LogP contribution in [-0.4, -0.2) is 20.6 Å². The molecule has 0 saturated heterocycles. The number of hydrogen-bond acceptors (Lipinski definition) is 2. The normalized spacial score (nSPS) is 10.4. The van der Waals surface area contributed by atoms with Crippen LogP contribution in [0, 0.1) is 6.92 Å². The van der Waals surface area contributed by atoms with Crippen LogP contribution in [0.1, 0.15) is 24.0 Å². The quantitative estimate of drug-likeness (QED) is 0.749. The van der Waals surface area contributed by atoms with Gasteiger partial charge in [0.15, 0.2) is 0 Å². The van der Waals surface area contributed by atoms with Gasteiger partial charge in [-0.2, -0.15) is 0 Å². The molecule has 1 rings (SSSR count). The van der Waals surface area contributed by atoms with Crippen LogP contribution in [0.3, 0.4) is 0 Å². The van der Waals surface area contributed by atoms with Crippen LogP contribution in [0.5, 0.6) is 0 Å². The zero-order chi connectivity index (χ0) is 11.3. The van der Waals surface area contributed by atoms with Gasteiger partial charge >= 0.3 is 0 Å². The number of aryl methyl sites for hydroxylation is 2. The van der Waals surface area contributed by atoms with Crippen LogP contribution in [0.15, 0.2) is 18.2 Å². The molecule has 0 unspecified atom stereocenters. The van der Waals surface area contributed by atoms with Crippen molar-refractivity contribution in [3.63, 3.8) is 0 Å². The van der Waals surface area contributed by atoms with E-state index < -0.39 is 0 Å². The molecule has 15 heavy (non-hydrogen) atoms. The maximum Gasteiger partial charge on any atom is 0.0393 e. The number of unbranched alkanes of at least 4 members (excludes halogenated alkanes) is 1. The Balaban J connectivity index is 2.77. The molecule has 1 aromatic rings. The molecule has 0 aliphatic heterocycles. The van der Waals surface area contributed by atoms with Gasteiger partial charge in [-0.15, -0.1) is 0 Å². The first-order valence-electron chi connectivity index (χ1n) is 5.62. The predicted octanol–water partition coefficient (Wildman–Crippen LogP) is 2.34. The molecule has 2 nitrogen and oxygen atoms in total. The summed E-state index contributed by atoms with van der Waals surface area (Å²) in [5.41, 5.74) is 9.62. The number of hydrogen-bond donors (Lipinski definition) is 1. The number of benzene rings is 1. The summed E-state index contributed by atoms with van der Waals surface area (Å²) >= 11 is 0. The van der Waals surface area contributed by atoms with Gasteiger partial charge < -0.3 is 10.6 Å². The van der Waals surface area contributed by atoms with Crippen molar-refractivity contribution in [2.24, 2.45) is 5.73 Å². The van der Waals surface area contributed by atoms with Crippen LogP contribution < -0.4 is 10.6 Å². The Labute approximate surface area is 93.1 Å². The summed E-state index contributed by atoms with van der Waals surface area (Å²) in [6.07, 6.45) is 3.42. The summed E-state index contributed by atoms with van der Waals surface area (Å²) in [5, 5.41) is 0. The number of nitrogens with zero attached hydrogens (tertiary/aromatic N) is 1. The molecule has 84 valence electrons. The molecule has 0 saturated carbocycles. The lowest BCUT2D eigenvalue weighted by Gasteiger charge is -2.18. The number of nitrogens with two attached hydrogens (primary N) is 1. The average molecular weight is 206 g/mol. The highest BCUT2D eigenvalue weighted by molar-refractivity contribution is 5.53. The van der Waals surface area contributed by atoms with E-state index in [0.29, 0.717) is 0 Å². The van der Waals surface area contributed by atoms with Crippen molar-refractivity contribution in [3.05, 3.63) is 29.3 Å². The van der Waals surface area contributed by atoms with Crippen LogP contribution >= 0.6 is 0 Å². The standard InChI is InChI=1S/C13H22N2/c1-11-7-8-13(15(2)3)12(10-11)6-4-5-9-14/h7-8,10H,4-6,9,14H2,1-3H3. The predicted molar refractivity (Wildman–Crippen MR) is 67.5 cm³/mol. The fourth-order valence-corrected chi connectivity index (χ4v) is 1.81. The van der Waals surface area contributed by atoms with Crippen molar-refractivity contribution in [2.75, 3.05) is 25.5 Å². The van der Waals surface area contributed by atoms with Gasteiger partial charge in [-0.3, -0.25) is 0 Å². The minimum Gasteiger partial charge on any atom is -0.377 e. The van der Waals surface area contributed by atoms with Gasteiger partial charge in [0.1, 0.15) is 0 Å². The Bertz CT molecular complexity index is 305. The smallest absolute Gasteiger partial charge is 0.0393 e. The minimum absolute atomic E-state index is 0.795. The molecular weight excluding hydrogens is 184 g/mol. The summed E-state index contributed by atoms with van der Waals surface area (Å²) in [6, 6.07) is 6.65. The molecule has 0 radical (unpaired) electrons. The fraction of sp³-hybridized carbons (Fsp3) is 0.538. The molecule has 1 aromatic carbocycles. The van der Waals surface area contributed by atoms with Gasteiger partial charge in [0.2, 0.25) is 0 Å². The van der Waals surface area contributed by atoms with Crippen molar-refractivity contribution in [1.82, 2.24) is 0 Å². The average Bonchev–Trinajstić information content (AvgIpc) is 2.18. The van der Waals surface area contributed by atoms with E-state index >= 15 is 0 Å². The van der Waals surface area contributed by atoms with Crippen molar-refractivity contribution in [2.45, 2.75) is 26.2 Å². The van der Waals surface area contributed by atoms with Crippen molar-refractivity contribution < 1.29 is 0 Å². The SMILES string of the molecule is Cc1ccc(N(C)C)c(CCCCN)c1. The first-order valence-corrected chi connectivity index (χ1v) is 5.62. The molecule has 0 atom stereocenters. The summed E-state index contributed by atoms with van der Waals surface area (Å²) in [7, 11) is 4.19. The largest absolute Gasteiger partial charge is 0.377 e. The molecule has 0 bridgehead atoms. The van der Waals surface area contributed by atoms with E-state index in [9.17, 15) is 0 Å². The molecule has 0 heterocycles. The molecular formula is C13H22N2. The molecule has 0 fully saturated rings. The Morgan fingerprint density at radius 1 is 1.20 bits per heavy atom. The van der Waals surface area contributed by atoms with Gasteiger partial charge in [-0.25, -0.2) is 0 Å². The lowest BCUT2D eigenvalue weighted by Crippen LogP contribution is -2.11. The zero-order valence-corrected chi connectivity index (χ0v) is 10.1. The Hall–Kier alpha value is -1.02. The summed E-state index contributed by atoms with van der Waals surface area (Å²) in [6.45, 7) is 2.94. The highest BCUT2D eigenvalue weighted by Crippen LogP contribution is 2.21. The molecule has 0 spiro atoms. The van der Waals surface area contributed by atoms with Crippen molar-refractivity contribution in [1.29, 1.82) is 0 Å². The molecule has 2 N–H and O–H groups in total. The third-order valence-corrected chi connectivity index (χ3v) is 2.62. The van der Waals surface area contributed by atoms with Crippen LogP contribution in [-0.2, 0) is 6.42 Å². The second kappa shape index (κ2) is 5.76. The van der Waals surface area contributed by atoms with Gasteiger partial charge in [0.25, 0.3) is 0 Å². The first-order chi connectivity index (χ1) is 7.15. The topological polar surface area (TPSA) is 29.3 Å². The Morgan fingerprint density at radius 3 is 2.53 bits per heavy atom. The number of rotatable bonds is 5. The highest BCUT2D eigenvalue weighted by atomic mass is 15.1. The fourth-order valence-electron chi connectivity index (χ4n) is 1.81. The van der Waals surface area contributed by atoms with Gasteiger partial charge in [0.05, 0.1) is 0 Å². The van der Waals surface area contributed by atoms with Gasteiger partial charge in [-0.1, -0.05) is 17.7 Å². The van der Waals surface area contributed by atoms with Crippen LogP contribution in [0.4, 0.5) is 5.69 Å². The second-order valence-corrected chi connectivity index (χ2v) is 4.27. The zero-order valence-electron chi connectivity index (χ0n) is 10.1. The maximum absolute atomic E-state index is 5.51. The minimum atomic E-state index is 0.795. The Morgan fingerprint density at radius 2 is 1.93 bits per heavy atom. The van der Waals surface area contributed by atoms with Crippen molar-refractivity contribution in [3.8, 4) is 0 Å². The molecule has 0 aromatic heterocycles. The highest BCUT2D eigenvalue weighted by Gasteiger charge is 2.04. The van der Waals surface area contributed by atoms with Crippen LogP contribution in [0.25, 0.3) is 0 Å². The summed E-state index contributed by atoms with van der Waals surface area (Å²) in [4.78, 5) is 2.18. The summed E-state index contributed by atoms with van der Waals surface area (Å²) < 4.78 is 0.